The van der Waals surface area contributed by atoms with Gasteiger partial charge in [0.15, 0.2) is 0 Å². The lowest BCUT2D eigenvalue weighted by molar-refractivity contribution is 0.410. The van der Waals surface area contributed by atoms with Gasteiger partial charge in [-0.15, -0.1) is 0 Å². The fourth-order valence-corrected chi connectivity index (χ4v) is 4.60. The summed E-state index contributed by atoms with van der Waals surface area (Å²) < 4.78 is 34.7. The molecule has 0 amide bonds. The Morgan fingerprint density at radius 1 is 0.759 bits per heavy atom. The molecule has 0 spiro atoms. The minimum absolute atomic E-state index is 0.0795. The lowest BCUT2D eigenvalue weighted by Crippen LogP contribution is -2.14. The molecule has 4 nitrogen and oxygen atoms in total. The number of unbranched alkanes of at least 4 members (excludes halogenated alkanes) is 13. The molecule has 0 radical (unpaired) electrons. The molecule has 0 atom stereocenters. The van der Waals surface area contributed by atoms with Gasteiger partial charge in [-0.1, -0.05) is 90.4 Å². The third kappa shape index (κ3) is 12.8. The second-order valence-corrected chi connectivity index (χ2v) is 9.76. The molecule has 1 rings (SSSR count). The number of aryl methyl sites for hydroxylation is 1. The first-order valence-corrected chi connectivity index (χ1v) is 13.1. The molecule has 0 heterocycles. The third-order valence-corrected chi connectivity index (χ3v) is 6.57. The number of ether oxygens (including phenoxy) is 1. The standard InChI is InChI=1S/C24H42O4S/c1-4-5-6-7-8-9-10-11-12-13-14-15-16-17-20-29(25,26)28-23-18-19-24(27-3)22(2)21-23/h18-19,21H,4-17,20H2,1-3H3. The molecule has 0 aliphatic carbocycles. The van der Waals surface area contributed by atoms with Crippen LogP contribution < -0.4 is 8.92 Å². The molecule has 0 unspecified atom stereocenters. The fraction of sp³-hybridized carbons (Fsp3) is 0.750. The highest BCUT2D eigenvalue weighted by molar-refractivity contribution is 7.87. The average molecular weight is 427 g/mol. The number of methoxy groups -OCH3 is 1. The molecule has 29 heavy (non-hydrogen) atoms. The minimum atomic E-state index is -3.53. The number of rotatable bonds is 18. The Labute approximate surface area is 179 Å². The van der Waals surface area contributed by atoms with Crippen LogP contribution in [0, 0.1) is 6.92 Å². The Bertz CT molecular complexity index is 640. The lowest BCUT2D eigenvalue weighted by Gasteiger charge is -2.09. The monoisotopic (exact) mass is 426 g/mol. The summed E-state index contributed by atoms with van der Waals surface area (Å²) in [6.07, 6.45) is 17.5. The minimum Gasteiger partial charge on any atom is -0.496 e. The second kappa shape index (κ2) is 15.6. The van der Waals surface area contributed by atoms with Crippen LogP contribution in [-0.4, -0.2) is 21.3 Å². The van der Waals surface area contributed by atoms with E-state index < -0.39 is 10.1 Å². The maximum atomic E-state index is 12.1. The number of benzene rings is 1. The van der Waals surface area contributed by atoms with E-state index in [2.05, 4.69) is 6.92 Å². The lowest BCUT2D eigenvalue weighted by atomic mass is 10.0. The SMILES string of the molecule is CCCCCCCCCCCCCCCCS(=O)(=O)Oc1ccc(OC)c(C)c1. The van der Waals surface area contributed by atoms with Crippen molar-refractivity contribution in [2.75, 3.05) is 12.9 Å². The molecule has 168 valence electrons. The van der Waals surface area contributed by atoms with E-state index in [9.17, 15) is 8.42 Å². The van der Waals surface area contributed by atoms with Crippen LogP contribution in [0.2, 0.25) is 0 Å². The number of hydrogen-bond donors (Lipinski definition) is 0. The van der Waals surface area contributed by atoms with Gasteiger partial charge in [0, 0.05) is 0 Å². The summed E-state index contributed by atoms with van der Waals surface area (Å²) in [6.45, 7) is 4.13. The van der Waals surface area contributed by atoms with Crippen LogP contribution in [0.15, 0.2) is 18.2 Å². The maximum Gasteiger partial charge on any atom is 0.309 e. The topological polar surface area (TPSA) is 52.6 Å². The maximum absolute atomic E-state index is 12.1. The fourth-order valence-electron chi connectivity index (χ4n) is 3.56. The number of hydrogen-bond acceptors (Lipinski definition) is 4. The van der Waals surface area contributed by atoms with Crippen LogP contribution in [0.5, 0.6) is 11.5 Å². The molecule has 0 bridgehead atoms. The zero-order valence-corrected chi connectivity index (χ0v) is 19.7. The quantitative estimate of drug-likeness (QED) is 0.184. The van der Waals surface area contributed by atoms with E-state index in [1.165, 1.54) is 70.6 Å². The van der Waals surface area contributed by atoms with E-state index in [0.717, 1.165) is 24.2 Å². The molecule has 0 fully saturated rings. The van der Waals surface area contributed by atoms with Crippen molar-refractivity contribution in [1.29, 1.82) is 0 Å². The van der Waals surface area contributed by atoms with Gasteiger partial charge in [0.2, 0.25) is 0 Å². The molecule has 0 aliphatic rings. The van der Waals surface area contributed by atoms with Crippen molar-refractivity contribution in [2.24, 2.45) is 0 Å². The van der Waals surface area contributed by atoms with Gasteiger partial charge in [0.05, 0.1) is 12.9 Å². The van der Waals surface area contributed by atoms with Gasteiger partial charge in [-0.25, -0.2) is 0 Å². The first kappa shape index (κ1) is 25.8. The van der Waals surface area contributed by atoms with Gasteiger partial charge in [-0.05, 0) is 37.1 Å². The van der Waals surface area contributed by atoms with E-state index in [-0.39, 0.29) is 5.75 Å². The van der Waals surface area contributed by atoms with Gasteiger partial charge in [-0.3, -0.25) is 0 Å². The first-order chi connectivity index (χ1) is 14.0. The molecule has 0 saturated heterocycles. The Morgan fingerprint density at radius 2 is 1.24 bits per heavy atom. The van der Waals surface area contributed by atoms with Gasteiger partial charge in [-0.2, -0.15) is 8.42 Å². The summed E-state index contributed by atoms with van der Waals surface area (Å²) in [5, 5.41) is 0. The van der Waals surface area contributed by atoms with E-state index in [4.69, 9.17) is 8.92 Å². The molecule has 1 aromatic carbocycles. The summed E-state index contributed by atoms with van der Waals surface area (Å²) >= 11 is 0. The highest BCUT2D eigenvalue weighted by Gasteiger charge is 2.13. The molecule has 0 N–H and O–H groups in total. The first-order valence-electron chi connectivity index (χ1n) is 11.6. The molecule has 0 saturated carbocycles. The molecule has 0 aromatic heterocycles. The predicted molar refractivity (Wildman–Crippen MR) is 122 cm³/mol. The Balaban J connectivity index is 2.02. The van der Waals surface area contributed by atoms with E-state index in [1.54, 1.807) is 25.3 Å². The van der Waals surface area contributed by atoms with E-state index in [1.807, 2.05) is 6.92 Å². The molecule has 1 aromatic rings. The highest BCUT2D eigenvalue weighted by Crippen LogP contribution is 2.24. The van der Waals surface area contributed by atoms with Gasteiger partial charge < -0.3 is 8.92 Å². The van der Waals surface area contributed by atoms with Crippen molar-refractivity contribution < 1.29 is 17.3 Å². The van der Waals surface area contributed by atoms with Crippen molar-refractivity contribution >= 4 is 10.1 Å². The Kier molecular flexibility index (Phi) is 13.9. The van der Waals surface area contributed by atoms with Crippen LogP contribution in [0.4, 0.5) is 0 Å². The zero-order valence-electron chi connectivity index (χ0n) is 18.9. The van der Waals surface area contributed by atoms with Crippen LogP contribution in [0.1, 0.15) is 102 Å². The predicted octanol–water partition coefficient (Wildman–Crippen LogP) is 7.19. The normalized spacial score (nSPS) is 11.6. The third-order valence-electron chi connectivity index (χ3n) is 5.34. The van der Waals surface area contributed by atoms with Crippen LogP contribution in [-0.2, 0) is 10.1 Å². The highest BCUT2D eigenvalue weighted by atomic mass is 32.2. The largest absolute Gasteiger partial charge is 0.496 e. The van der Waals surface area contributed by atoms with Crippen molar-refractivity contribution in [3.05, 3.63) is 23.8 Å². The van der Waals surface area contributed by atoms with Crippen molar-refractivity contribution in [3.63, 3.8) is 0 Å². The van der Waals surface area contributed by atoms with E-state index >= 15 is 0 Å². The summed E-state index contributed by atoms with van der Waals surface area (Å²) in [5.41, 5.74) is 0.858. The summed E-state index contributed by atoms with van der Waals surface area (Å²) in [7, 11) is -1.94. The van der Waals surface area contributed by atoms with Crippen LogP contribution in [0.25, 0.3) is 0 Å². The smallest absolute Gasteiger partial charge is 0.309 e. The molecule has 0 aliphatic heterocycles. The summed E-state index contributed by atoms with van der Waals surface area (Å²) in [5.74, 6) is 1.16. The van der Waals surface area contributed by atoms with Gasteiger partial charge in [0.1, 0.15) is 11.5 Å². The summed E-state index contributed by atoms with van der Waals surface area (Å²) in [4.78, 5) is 0. The van der Waals surface area contributed by atoms with Crippen LogP contribution in [0.3, 0.4) is 0 Å². The van der Waals surface area contributed by atoms with Crippen molar-refractivity contribution in [2.45, 2.75) is 104 Å². The van der Waals surface area contributed by atoms with E-state index in [0.29, 0.717) is 12.2 Å². The molecule has 5 heteroatoms. The molecular weight excluding hydrogens is 384 g/mol. The zero-order chi connectivity index (χ0) is 21.4. The second-order valence-electron chi connectivity index (χ2n) is 8.07. The van der Waals surface area contributed by atoms with Crippen LogP contribution >= 0.6 is 0 Å². The summed E-state index contributed by atoms with van der Waals surface area (Å²) in [6, 6.07) is 5.06. The van der Waals surface area contributed by atoms with Gasteiger partial charge >= 0.3 is 10.1 Å². The Morgan fingerprint density at radius 3 is 1.69 bits per heavy atom. The van der Waals surface area contributed by atoms with Crippen molar-refractivity contribution in [3.8, 4) is 11.5 Å². The van der Waals surface area contributed by atoms with Gasteiger partial charge in [0.25, 0.3) is 0 Å². The average Bonchev–Trinajstić information content (AvgIpc) is 2.68. The van der Waals surface area contributed by atoms with Crippen molar-refractivity contribution in [1.82, 2.24) is 0 Å². The molecular formula is C24H42O4S. The Hall–Kier alpha value is -1.23.